The zero-order chi connectivity index (χ0) is 11.3. The van der Waals surface area contributed by atoms with Gasteiger partial charge in [-0.15, -0.1) is 0 Å². The van der Waals surface area contributed by atoms with E-state index >= 15 is 0 Å². The highest BCUT2D eigenvalue weighted by Gasteiger charge is 2.13. The first-order valence-corrected chi connectivity index (χ1v) is 4.74. The summed E-state index contributed by atoms with van der Waals surface area (Å²) in [5.74, 6) is -0.332. The fraction of sp³-hybridized carbons (Fsp3) is 0.333. The highest BCUT2D eigenvalue weighted by molar-refractivity contribution is 5.92. The second kappa shape index (κ2) is 5.16. The Labute approximate surface area is 89.3 Å². The van der Waals surface area contributed by atoms with E-state index in [-0.39, 0.29) is 5.97 Å². The van der Waals surface area contributed by atoms with Crippen LogP contribution in [0.5, 0.6) is 0 Å². The van der Waals surface area contributed by atoms with E-state index < -0.39 is 0 Å². The van der Waals surface area contributed by atoms with Gasteiger partial charge in [0.2, 0.25) is 0 Å². The van der Waals surface area contributed by atoms with Crippen LogP contribution < -0.4 is 0 Å². The summed E-state index contributed by atoms with van der Waals surface area (Å²) in [7, 11) is 1.36. The molecule has 3 nitrogen and oxygen atoms in total. The van der Waals surface area contributed by atoms with Crippen LogP contribution in [-0.2, 0) is 11.2 Å². The van der Waals surface area contributed by atoms with Gasteiger partial charge in [-0.1, -0.05) is 18.2 Å². The fourth-order valence-corrected chi connectivity index (χ4v) is 1.52. The lowest BCUT2D eigenvalue weighted by Gasteiger charge is -2.08. The van der Waals surface area contributed by atoms with Gasteiger partial charge >= 0.3 is 5.97 Å². The number of benzene rings is 1. The highest BCUT2D eigenvalue weighted by Crippen LogP contribution is 2.16. The van der Waals surface area contributed by atoms with Gasteiger partial charge in [-0.3, -0.25) is 0 Å². The Morgan fingerprint density at radius 1 is 1.53 bits per heavy atom. The first-order chi connectivity index (χ1) is 7.20. The number of carbonyl (C=O) groups is 1. The van der Waals surface area contributed by atoms with Crippen molar-refractivity contribution in [3.8, 4) is 6.07 Å². The summed E-state index contributed by atoms with van der Waals surface area (Å²) >= 11 is 0. The molecule has 0 aliphatic heterocycles. The number of carbonyl (C=O) groups excluding carboxylic acids is 1. The van der Waals surface area contributed by atoms with Gasteiger partial charge in [0.15, 0.2) is 0 Å². The summed E-state index contributed by atoms with van der Waals surface area (Å²) < 4.78 is 4.72. The van der Waals surface area contributed by atoms with Crippen LogP contribution in [0.25, 0.3) is 0 Å². The Hall–Kier alpha value is -1.82. The Morgan fingerprint density at radius 3 is 2.87 bits per heavy atom. The third kappa shape index (κ3) is 2.57. The zero-order valence-electron chi connectivity index (χ0n) is 8.91. The molecule has 1 aromatic carbocycles. The Morgan fingerprint density at radius 2 is 2.27 bits per heavy atom. The molecule has 0 radical (unpaired) electrons. The van der Waals surface area contributed by atoms with E-state index in [0.29, 0.717) is 18.4 Å². The van der Waals surface area contributed by atoms with Crippen molar-refractivity contribution in [2.75, 3.05) is 7.11 Å². The summed E-state index contributed by atoms with van der Waals surface area (Å²) in [6.07, 6.45) is 0.996. The minimum absolute atomic E-state index is 0.332. The van der Waals surface area contributed by atoms with Crippen molar-refractivity contribution < 1.29 is 9.53 Å². The molecule has 0 heterocycles. The third-order valence-electron chi connectivity index (χ3n) is 2.25. The maximum absolute atomic E-state index is 11.5. The quantitative estimate of drug-likeness (QED) is 0.708. The predicted molar refractivity (Wildman–Crippen MR) is 56.5 cm³/mol. The molecule has 0 saturated carbocycles. The van der Waals surface area contributed by atoms with Gasteiger partial charge in [-0.25, -0.2) is 4.79 Å². The van der Waals surface area contributed by atoms with E-state index in [1.165, 1.54) is 7.11 Å². The number of esters is 1. The van der Waals surface area contributed by atoms with Crippen molar-refractivity contribution in [1.29, 1.82) is 5.26 Å². The average Bonchev–Trinajstić information content (AvgIpc) is 2.25. The Bertz CT molecular complexity index is 405. The summed E-state index contributed by atoms with van der Waals surface area (Å²) in [6, 6.07) is 7.67. The number of nitrogens with zero attached hydrogens (tertiary/aromatic N) is 1. The topological polar surface area (TPSA) is 50.1 Å². The number of aryl methyl sites for hydroxylation is 2. The number of nitriles is 1. The minimum Gasteiger partial charge on any atom is -0.465 e. The molecule has 0 fully saturated rings. The van der Waals surface area contributed by atoms with Crippen molar-refractivity contribution in [3.63, 3.8) is 0 Å². The molecule has 1 aromatic rings. The predicted octanol–water partition coefficient (Wildman–Crippen LogP) is 2.24. The maximum Gasteiger partial charge on any atom is 0.338 e. The normalized spacial score (nSPS) is 9.40. The van der Waals surface area contributed by atoms with E-state index in [1.54, 1.807) is 0 Å². The van der Waals surface area contributed by atoms with Gasteiger partial charge in [0.25, 0.3) is 0 Å². The molecule has 0 aliphatic rings. The van der Waals surface area contributed by atoms with Crippen LogP contribution >= 0.6 is 0 Å². The summed E-state index contributed by atoms with van der Waals surface area (Å²) in [5, 5.41) is 8.52. The highest BCUT2D eigenvalue weighted by atomic mass is 16.5. The molecule has 0 amide bonds. The van der Waals surface area contributed by atoms with E-state index in [4.69, 9.17) is 10.00 Å². The summed E-state index contributed by atoms with van der Waals surface area (Å²) in [5.41, 5.74) is 2.36. The van der Waals surface area contributed by atoms with E-state index in [9.17, 15) is 4.79 Å². The van der Waals surface area contributed by atoms with Crippen molar-refractivity contribution in [2.45, 2.75) is 19.8 Å². The van der Waals surface area contributed by atoms with Crippen LogP contribution in [0.2, 0.25) is 0 Å². The maximum atomic E-state index is 11.5. The molecule has 0 atom stereocenters. The van der Waals surface area contributed by atoms with Gasteiger partial charge in [-0.05, 0) is 24.5 Å². The third-order valence-corrected chi connectivity index (χ3v) is 2.25. The molecule has 0 saturated heterocycles. The summed E-state index contributed by atoms with van der Waals surface area (Å²) in [6.45, 7) is 1.86. The molecule has 0 bridgehead atoms. The summed E-state index contributed by atoms with van der Waals surface area (Å²) in [4.78, 5) is 11.5. The molecule has 1 rings (SSSR count). The lowest BCUT2D eigenvalue weighted by Crippen LogP contribution is -2.08. The number of methoxy groups -OCH3 is 1. The van der Waals surface area contributed by atoms with Gasteiger partial charge in [0, 0.05) is 6.42 Å². The van der Waals surface area contributed by atoms with Crippen LogP contribution in [0.3, 0.4) is 0 Å². The van der Waals surface area contributed by atoms with Crippen molar-refractivity contribution >= 4 is 5.97 Å². The van der Waals surface area contributed by atoms with Gasteiger partial charge in [-0.2, -0.15) is 5.26 Å². The fourth-order valence-electron chi connectivity index (χ4n) is 1.52. The molecule has 0 N–H and O–H groups in total. The number of hydrogen-bond donors (Lipinski definition) is 0. The SMILES string of the molecule is COC(=O)c1c(C)cccc1CCC#N. The van der Waals surface area contributed by atoms with Gasteiger partial charge in [0.05, 0.1) is 18.7 Å². The van der Waals surface area contributed by atoms with Crippen LogP contribution in [0.1, 0.15) is 27.9 Å². The molecule has 3 heteroatoms. The standard InChI is InChI=1S/C12H13NO2/c1-9-5-3-6-10(7-4-8-13)11(9)12(14)15-2/h3,5-6H,4,7H2,1-2H3. The lowest BCUT2D eigenvalue weighted by atomic mass is 9.99. The molecule has 0 spiro atoms. The second-order valence-electron chi connectivity index (χ2n) is 3.26. The van der Waals surface area contributed by atoms with Crippen molar-refractivity contribution in [2.24, 2.45) is 0 Å². The zero-order valence-corrected chi connectivity index (χ0v) is 8.91. The molecule has 0 aliphatic carbocycles. The molecular weight excluding hydrogens is 190 g/mol. The first kappa shape index (κ1) is 11.3. The van der Waals surface area contributed by atoms with Gasteiger partial charge in [0.1, 0.15) is 0 Å². The monoisotopic (exact) mass is 203 g/mol. The average molecular weight is 203 g/mol. The van der Waals surface area contributed by atoms with Crippen LogP contribution in [-0.4, -0.2) is 13.1 Å². The number of ether oxygens (including phenoxy) is 1. The molecular formula is C12H13NO2. The van der Waals surface area contributed by atoms with Crippen LogP contribution in [0.4, 0.5) is 0 Å². The largest absolute Gasteiger partial charge is 0.465 e. The second-order valence-corrected chi connectivity index (χ2v) is 3.26. The Kier molecular flexibility index (Phi) is 3.87. The van der Waals surface area contributed by atoms with Crippen molar-refractivity contribution in [1.82, 2.24) is 0 Å². The van der Waals surface area contributed by atoms with Crippen LogP contribution in [0.15, 0.2) is 18.2 Å². The smallest absolute Gasteiger partial charge is 0.338 e. The molecule has 0 aromatic heterocycles. The molecule has 15 heavy (non-hydrogen) atoms. The van der Waals surface area contributed by atoms with Crippen LogP contribution in [0, 0.1) is 18.3 Å². The van der Waals surface area contributed by atoms with Gasteiger partial charge < -0.3 is 4.74 Å². The van der Waals surface area contributed by atoms with E-state index in [0.717, 1.165) is 11.1 Å². The first-order valence-electron chi connectivity index (χ1n) is 4.74. The van der Waals surface area contributed by atoms with E-state index in [2.05, 4.69) is 6.07 Å². The Balaban J connectivity index is 3.09. The molecule has 78 valence electrons. The number of hydrogen-bond acceptors (Lipinski definition) is 3. The van der Waals surface area contributed by atoms with Crippen molar-refractivity contribution in [3.05, 3.63) is 34.9 Å². The number of rotatable bonds is 3. The lowest BCUT2D eigenvalue weighted by molar-refractivity contribution is 0.0598. The van der Waals surface area contributed by atoms with E-state index in [1.807, 2.05) is 25.1 Å². The minimum atomic E-state index is -0.332. The molecule has 0 unspecified atom stereocenters.